The molecule has 3 rings (SSSR count). The van der Waals surface area contributed by atoms with Crippen LogP contribution in [0, 0.1) is 0 Å². The number of carboxylic acids is 1. The Morgan fingerprint density at radius 2 is 1.92 bits per heavy atom. The number of phenolic OH excluding ortho intramolecular Hbond substituents is 1. The number of carboxylic acid groups (broad SMARTS) is 1. The van der Waals surface area contributed by atoms with Gasteiger partial charge in [-0.15, -0.1) is 0 Å². The van der Waals surface area contributed by atoms with Gasteiger partial charge in [-0.25, -0.2) is 4.79 Å². The van der Waals surface area contributed by atoms with Gasteiger partial charge in [-0.05, 0) is 51.3 Å². The highest BCUT2D eigenvalue weighted by Crippen LogP contribution is 2.37. The molecule has 0 amide bonds. The van der Waals surface area contributed by atoms with Gasteiger partial charge in [0.15, 0.2) is 0 Å². The molecule has 2 aromatic carbocycles. The summed E-state index contributed by atoms with van der Waals surface area (Å²) in [6, 6.07) is 6.29. The second-order valence-corrected chi connectivity index (χ2v) is 6.88. The molecule has 3 N–H and O–H groups in total. The molecule has 0 saturated carbocycles. The molecule has 0 aliphatic carbocycles. The standard InChI is InChI=1S/C17H10BrClF3NO3/c18-11-6-13-8(5-14(11)24)9(15(23-13)16(25)26)3-7-1-2-12(19)10(4-7)17(20,21)22/h1-2,4-6,23-24H,3H2,(H,25,26). The number of aromatic carboxylic acids is 1. The monoisotopic (exact) mass is 447 g/mol. The van der Waals surface area contributed by atoms with E-state index in [0.29, 0.717) is 15.4 Å². The number of carbonyl (C=O) groups is 1. The number of benzene rings is 2. The molecule has 136 valence electrons. The normalized spacial score (nSPS) is 11.9. The van der Waals surface area contributed by atoms with Crippen molar-refractivity contribution in [3.63, 3.8) is 0 Å². The number of H-pyrrole nitrogens is 1. The molecule has 1 aromatic heterocycles. The van der Waals surface area contributed by atoms with E-state index in [0.717, 1.165) is 12.1 Å². The Bertz CT molecular complexity index is 1030. The molecule has 0 atom stereocenters. The molecule has 9 heteroatoms. The molecule has 0 aliphatic heterocycles. The third-order valence-corrected chi connectivity index (χ3v) is 4.87. The van der Waals surface area contributed by atoms with Crippen molar-refractivity contribution < 1.29 is 28.2 Å². The fraction of sp³-hybridized carbons (Fsp3) is 0.118. The number of aromatic hydroxyl groups is 1. The Morgan fingerprint density at radius 3 is 2.54 bits per heavy atom. The second-order valence-electron chi connectivity index (χ2n) is 5.62. The lowest BCUT2D eigenvalue weighted by molar-refractivity contribution is -0.137. The molecular formula is C17H10BrClF3NO3. The molecule has 0 aliphatic rings. The average molecular weight is 449 g/mol. The van der Waals surface area contributed by atoms with Gasteiger partial charge in [-0.2, -0.15) is 13.2 Å². The van der Waals surface area contributed by atoms with Gasteiger partial charge in [0.2, 0.25) is 0 Å². The van der Waals surface area contributed by atoms with Gasteiger partial charge < -0.3 is 15.2 Å². The van der Waals surface area contributed by atoms with E-state index in [2.05, 4.69) is 20.9 Å². The summed E-state index contributed by atoms with van der Waals surface area (Å²) in [5.74, 6) is -1.36. The van der Waals surface area contributed by atoms with Crippen molar-refractivity contribution in [1.82, 2.24) is 4.98 Å². The number of aromatic amines is 1. The zero-order chi connectivity index (χ0) is 19.2. The van der Waals surface area contributed by atoms with E-state index in [1.54, 1.807) is 0 Å². The summed E-state index contributed by atoms with van der Waals surface area (Å²) < 4.78 is 39.5. The van der Waals surface area contributed by atoms with E-state index in [4.69, 9.17) is 11.6 Å². The molecule has 0 spiro atoms. The molecule has 0 fully saturated rings. The molecule has 0 bridgehead atoms. The van der Waals surface area contributed by atoms with Crippen molar-refractivity contribution in [3.8, 4) is 5.75 Å². The molecule has 0 radical (unpaired) electrons. The van der Waals surface area contributed by atoms with Crippen LogP contribution in [0.25, 0.3) is 10.9 Å². The maximum absolute atomic E-state index is 13.0. The average Bonchev–Trinajstić information content (AvgIpc) is 2.86. The van der Waals surface area contributed by atoms with E-state index in [-0.39, 0.29) is 29.0 Å². The summed E-state index contributed by atoms with van der Waals surface area (Å²) >= 11 is 8.76. The minimum atomic E-state index is -4.62. The van der Waals surface area contributed by atoms with Gasteiger partial charge in [-0.1, -0.05) is 17.7 Å². The minimum Gasteiger partial charge on any atom is -0.507 e. The Hall–Kier alpha value is -2.19. The quantitative estimate of drug-likeness (QED) is 0.488. The molecule has 4 nitrogen and oxygen atoms in total. The highest BCUT2D eigenvalue weighted by Gasteiger charge is 2.33. The third-order valence-electron chi connectivity index (χ3n) is 3.90. The van der Waals surface area contributed by atoms with E-state index in [1.807, 2.05) is 0 Å². The summed E-state index contributed by atoms with van der Waals surface area (Å²) in [7, 11) is 0. The number of halogens is 5. The fourth-order valence-corrected chi connectivity index (χ4v) is 3.30. The van der Waals surface area contributed by atoms with Gasteiger partial charge >= 0.3 is 12.1 Å². The Kier molecular flexibility index (Phi) is 4.66. The summed E-state index contributed by atoms with van der Waals surface area (Å²) in [5.41, 5.74) is -0.189. The number of alkyl halides is 3. The van der Waals surface area contributed by atoms with Crippen LogP contribution >= 0.6 is 27.5 Å². The highest BCUT2D eigenvalue weighted by atomic mass is 79.9. The summed E-state index contributed by atoms with van der Waals surface area (Å²) in [5, 5.41) is 19.3. The van der Waals surface area contributed by atoms with Gasteiger partial charge in [0.05, 0.1) is 15.1 Å². The smallest absolute Gasteiger partial charge is 0.417 e. The van der Waals surface area contributed by atoms with E-state index >= 15 is 0 Å². The first-order chi connectivity index (χ1) is 12.1. The van der Waals surface area contributed by atoms with Gasteiger partial charge in [0, 0.05) is 17.3 Å². The molecule has 3 aromatic rings. The zero-order valence-corrected chi connectivity index (χ0v) is 15.1. The molecule has 1 heterocycles. The van der Waals surface area contributed by atoms with Crippen LogP contribution in [0.15, 0.2) is 34.8 Å². The largest absolute Gasteiger partial charge is 0.507 e. The summed E-state index contributed by atoms with van der Waals surface area (Å²) in [6.45, 7) is 0. The molecule has 0 saturated heterocycles. The second kappa shape index (κ2) is 6.51. The number of fused-ring (bicyclic) bond motifs is 1. The minimum absolute atomic E-state index is 0.0804. The third kappa shape index (κ3) is 3.39. The molecule has 0 unspecified atom stereocenters. The number of rotatable bonds is 3. The van der Waals surface area contributed by atoms with Crippen LogP contribution in [0.4, 0.5) is 13.2 Å². The van der Waals surface area contributed by atoms with E-state index < -0.39 is 22.7 Å². The molecular weight excluding hydrogens is 439 g/mol. The van der Waals surface area contributed by atoms with Gasteiger partial charge in [0.1, 0.15) is 11.4 Å². The predicted molar refractivity (Wildman–Crippen MR) is 93.9 cm³/mol. The van der Waals surface area contributed by atoms with Crippen LogP contribution in [-0.2, 0) is 12.6 Å². The lowest BCUT2D eigenvalue weighted by atomic mass is 9.99. The summed E-state index contributed by atoms with van der Waals surface area (Å²) in [4.78, 5) is 14.2. The molecule has 26 heavy (non-hydrogen) atoms. The predicted octanol–water partition coefficient (Wildman–Crippen LogP) is 5.60. The first-order valence-corrected chi connectivity index (χ1v) is 8.37. The zero-order valence-electron chi connectivity index (χ0n) is 12.8. The van der Waals surface area contributed by atoms with Crippen LogP contribution in [0.3, 0.4) is 0 Å². The number of phenols is 1. The Morgan fingerprint density at radius 1 is 1.23 bits per heavy atom. The van der Waals surface area contributed by atoms with Crippen molar-refractivity contribution >= 4 is 44.4 Å². The highest BCUT2D eigenvalue weighted by molar-refractivity contribution is 9.10. The topological polar surface area (TPSA) is 73.3 Å². The van der Waals surface area contributed by atoms with Crippen LogP contribution in [0.1, 0.15) is 27.2 Å². The maximum atomic E-state index is 13.0. The van der Waals surface area contributed by atoms with Crippen molar-refractivity contribution in [3.05, 3.63) is 62.2 Å². The first kappa shape index (κ1) is 18.6. The van der Waals surface area contributed by atoms with Crippen LogP contribution in [-0.4, -0.2) is 21.2 Å². The first-order valence-electron chi connectivity index (χ1n) is 7.20. The Balaban J connectivity index is 2.16. The SMILES string of the molecule is O=C(O)c1[nH]c2cc(Br)c(O)cc2c1Cc1ccc(Cl)c(C(F)(F)F)c1. The fourth-order valence-electron chi connectivity index (χ4n) is 2.73. The number of hydrogen-bond donors (Lipinski definition) is 3. The van der Waals surface area contributed by atoms with Crippen LogP contribution in [0.5, 0.6) is 5.75 Å². The Labute approximate surface area is 158 Å². The van der Waals surface area contributed by atoms with Crippen molar-refractivity contribution in [2.45, 2.75) is 12.6 Å². The van der Waals surface area contributed by atoms with E-state index in [9.17, 15) is 28.2 Å². The van der Waals surface area contributed by atoms with Gasteiger partial charge in [-0.3, -0.25) is 0 Å². The lowest BCUT2D eigenvalue weighted by Gasteiger charge is -2.11. The van der Waals surface area contributed by atoms with Gasteiger partial charge in [0.25, 0.3) is 0 Å². The number of aromatic nitrogens is 1. The van der Waals surface area contributed by atoms with Crippen molar-refractivity contribution in [1.29, 1.82) is 0 Å². The number of nitrogens with one attached hydrogen (secondary N) is 1. The van der Waals surface area contributed by atoms with Crippen molar-refractivity contribution in [2.75, 3.05) is 0 Å². The number of hydrogen-bond acceptors (Lipinski definition) is 2. The van der Waals surface area contributed by atoms with Crippen LogP contribution in [0.2, 0.25) is 5.02 Å². The van der Waals surface area contributed by atoms with Crippen molar-refractivity contribution in [2.24, 2.45) is 0 Å². The van der Waals surface area contributed by atoms with E-state index in [1.165, 1.54) is 18.2 Å². The lowest BCUT2D eigenvalue weighted by Crippen LogP contribution is -2.07. The maximum Gasteiger partial charge on any atom is 0.417 e. The van der Waals surface area contributed by atoms with Crippen LogP contribution < -0.4 is 0 Å². The summed E-state index contributed by atoms with van der Waals surface area (Å²) in [6.07, 6.45) is -4.70.